The van der Waals surface area contributed by atoms with Gasteiger partial charge in [0.25, 0.3) is 0 Å². The summed E-state index contributed by atoms with van der Waals surface area (Å²) in [5.74, 6) is -2.26. The van der Waals surface area contributed by atoms with Gasteiger partial charge in [0, 0.05) is 46.4 Å². The molecule has 2 heterocycles. The van der Waals surface area contributed by atoms with Crippen LogP contribution in [0.4, 0.5) is 0 Å². The molecule has 3 N–H and O–H groups in total. The number of carboxylic acid groups (broad SMARTS) is 1. The number of rotatable bonds is 18. The van der Waals surface area contributed by atoms with Gasteiger partial charge in [0.2, 0.25) is 13.2 Å². The van der Waals surface area contributed by atoms with Crippen LogP contribution in [-0.4, -0.2) is 110 Å². The third-order valence-electron chi connectivity index (χ3n) is 11.2. The molecule has 4 aromatic rings. The number of esters is 3. The molecule has 0 spiro atoms. The van der Waals surface area contributed by atoms with Crippen molar-refractivity contribution in [2.75, 3.05) is 53.0 Å². The fraction of sp³-hybridized carbons (Fsp3) is 0.542. The van der Waals surface area contributed by atoms with Crippen LogP contribution in [0.15, 0.2) is 54.6 Å². The minimum Gasteiger partial charge on any atom is -0.481 e. The van der Waals surface area contributed by atoms with Crippen LogP contribution in [0, 0.1) is 5.41 Å². The first-order valence-electron chi connectivity index (χ1n) is 22.8. The maximum atomic E-state index is 12.7. The third kappa shape index (κ3) is 16.3. The lowest BCUT2D eigenvalue weighted by Crippen LogP contribution is -2.44. The number of benzene rings is 4. The number of ether oxygens (including phenoxy) is 2. The SMILES string of the molecule is CCN(CC)CC.O=C1CCC(=O)O1.[3H]CC1(COC(=O)CCC(=O)O)CCN(C(=O)CCCCCNC(=O)CCCc2ccc3ccc4cccc5ccc2c3c45)CC1.[3H]OC. The molecule has 2 amide bonds. The van der Waals surface area contributed by atoms with E-state index in [9.17, 15) is 28.8 Å². The monoisotopic (exact) mass is 849 g/mol. The summed E-state index contributed by atoms with van der Waals surface area (Å²) in [6.45, 7) is 12.0. The maximum absolute atomic E-state index is 12.7. The van der Waals surface area contributed by atoms with Crippen molar-refractivity contribution in [3.05, 3.63) is 60.2 Å². The zero-order chi connectivity index (χ0) is 46.2. The molecule has 6 rings (SSSR count). The van der Waals surface area contributed by atoms with Crippen LogP contribution in [0.2, 0.25) is 0 Å². The first-order valence-corrected chi connectivity index (χ1v) is 21.7. The molecule has 4 aromatic carbocycles. The number of nitrogens with zero attached hydrogens (tertiary/aromatic N) is 2. The van der Waals surface area contributed by atoms with E-state index in [2.05, 4.69) is 95.4 Å². The Morgan fingerprint density at radius 1 is 0.820 bits per heavy atom. The van der Waals surface area contributed by atoms with Gasteiger partial charge in [-0.3, -0.25) is 28.8 Å². The van der Waals surface area contributed by atoms with E-state index in [-0.39, 0.29) is 51.0 Å². The number of piperidine rings is 1. The molecule has 2 aliphatic heterocycles. The Hall–Kier alpha value is -5.14. The van der Waals surface area contributed by atoms with Crippen molar-refractivity contribution in [3.63, 3.8) is 0 Å². The minimum absolute atomic E-state index is 0.0625. The zero-order valence-corrected chi connectivity index (χ0v) is 36.6. The van der Waals surface area contributed by atoms with Gasteiger partial charge in [0.15, 0.2) is 0 Å². The van der Waals surface area contributed by atoms with E-state index in [1.165, 1.54) is 64.6 Å². The van der Waals surface area contributed by atoms with Gasteiger partial charge in [-0.25, -0.2) is 0 Å². The molecule has 0 aliphatic carbocycles. The zero-order valence-electron chi connectivity index (χ0n) is 38.6. The predicted octanol–water partition coefficient (Wildman–Crippen LogP) is 7.43. The van der Waals surface area contributed by atoms with Crippen LogP contribution in [0.3, 0.4) is 0 Å². The summed E-state index contributed by atoms with van der Waals surface area (Å²) in [7, 11) is 1.29. The number of carboxylic acids is 1. The number of aliphatic carboxylic acids is 1. The number of likely N-dealkylation sites (tertiary alicyclic amines) is 1. The Kier molecular flexibility index (Phi) is 20.2. The van der Waals surface area contributed by atoms with E-state index < -0.39 is 29.3 Å². The number of cyclic esters (lactones) is 2. The van der Waals surface area contributed by atoms with Crippen LogP contribution < -0.4 is 5.32 Å². The second kappa shape index (κ2) is 26.3. The standard InChI is InChI=1S/C37H44N2O6.C6H15N.C4H4O3.CH4O/c1-37(25-45-34(44)19-18-33(42)43)20-23-39(24-21-37)32(41)11-3-2-4-22-38-31(40)10-6-7-26-12-13-29-15-14-27-8-5-9-28-16-17-30(26)36(29)35(27)28;1-4-7(5-2)6-3;5-3-1-2-4(6)7-3;1-2/h5,8-9,12-17H,2-4,6-7,10-11,18-25H2,1H3,(H,38,40)(H,42,43);4-6H2,1-3H3;1-2H2;2H,1H3/i1T;;;2T. The highest BCUT2D eigenvalue weighted by Gasteiger charge is 2.33. The van der Waals surface area contributed by atoms with Crippen molar-refractivity contribution >= 4 is 68.0 Å². The molecule has 0 bridgehead atoms. The second-order valence-electron chi connectivity index (χ2n) is 15.5. The Morgan fingerprint density at radius 3 is 1.98 bits per heavy atom. The van der Waals surface area contributed by atoms with Crippen molar-refractivity contribution in [2.45, 2.75) is 111 Å². The van der Waals surface area contributed by atoms with Gasteiger partial charge in [-0.05, 0) is 96.0 Å². The normalized spacial score (nSPS) is 14.8. The van der Waals surface area contributed by atoms with E-state index in [0.717, 1.165) is 32.1 Å². The number of aliphatic hydroxyl groups is 1. The highest BCUT2D eigenvalue weighted by Crippen LogP contribution is 2.36. The Morgan fingerprint density at radius 2 is 1.43 bits per heavy atom. The smallest absolute Gasteiger partial charge is 0.314 e. The van der Waals surface area contributed by atoms with E-state index in [1.807, 2.05) is 4.90 Å². The van der Waals surface area contributed by atoms with Gasteiger partial charge in [0.1, 0.15) is 0 Å². The third-order valence-corrected chi connectivity index (χ3v) is 11.2. The van der Waals surface area contributed by atoms with E-state index in [1.54, 1.807) is 0 Å². The van der Waals surface area contributed by atoms with Crippen LogP contribution in [-0.2, 0) is 44.7 Å². The number of amides is 2. The summed E-state index contributed by atoms with van der Waals surface area (Å²) in [6.07, 6.45) is 6.23. The fourth-order valence-electron chi connectivity index (χ4n) is 7.50. The molecule has 13 nitrogen and oxygen atoms in total. The number of carbonyl (C=O) groups excluding carboxylic acids is 5. The second-order valence-corrected chi connectivity index (χ2v) is 15.5. The molecule has 61 heavy (non-hydrogen) atoms. The molecule has 2 fully saturated rings. The lowest BCUT2D eigenvalue weighted by molar-refractivity contribution is -0.152. The van der Waals surface area contributed by atoms with Gasteiger partial charge < -0.3 is 34.8 Å². The largest absolute Gasteiger partial charge is 0.481 e. The van der Waals surface area contributed by atoms with Crippen LogP contribution in [0.1, 0.15) is 112 Å². The topological polar surface area (TPSA) is 180 Å². The lowest BCUT2D eigenvalue weighted by Gasteiger charge is -2.39. The van der Waals surface area contributed by atoms with Crippen molar-refractivity contribution < 1.29 is 49.8 Å². The summed E-state index contributed by atoms with van der Waals surface area (Å²) in [5.41, 5.74) is 0.786. The number of unbranched alkanes of at least 4 members (excludes halogenated alkanes) is 2. The summed E-state index contributed by atoms with van der Waals surface area (Å²) >= 11 is 0. The summed E-state index contributed by atoms with van der Waals surface area (Å²) in [6, 6.07) is 19.6. The van der Waals surface area contributed by atoms with Crippen molar-refractivity contribution in [1.82, 2.24) is 15.1 Å². The minimum atomic E-state index is -1.05. The van der Waals surface area contributed by atoms with Crippen molar-refractivity contribution in [2.24, 2.45) is 5.41 Å². The number of carbonyl (C=O) groups is 6. The molecule has 0 aromatic heterocycles. The van der Waals surface area contributed by atoms with Gasteiger partial charge in [-0.15, -0.1) is 0 Å². The Bertz CT molecular complexity index is 2030. The van der Waals surface area contributed by atoms with Crippen molar-refractivity contribution in [1.29, 1.82) is 1.43 Å². The van der Waals surface area contributed by atoms with E-state index in [0.29, 0.717) is 45.3 Å². The van der Waals surface area contributed by atoms with Crippen LogP contribution >= 0.6 is 0 Å². The lowest BCUT2D eigenvalue weighted by atomic mass is 9.81. The summed E-state index contributed by atoms with van der Waals surface area (Å²) in [5, 5.41) is 22.9. The molecule has 0 radical (unpaired) electrons. The molecule has 0 saturated carbocycles. The number of hydrogen-bond donors (Lipinski definition) is 3. The van der Waals surface area contributed by atoms with Gasteiger partial charge in [-0.1, -0.05) is 88.7 Å². The van der Waals surface area contributed by atoms with Gasteiger partial charge >= 0.3 is 23.9 Å². The molecule has 0 atom stereocenters. The number of aryl methyl sites for hydroxylation is 1. The Balaban J connectivity index is 0.000000521. The van der Waals surface area contributed by atoms with Crippen LogP contribution in [0.5, 0.6) is 0 Å². The molecular weight excluding hydrogens is 779 g/mol. The average Bonchev–Trinajstić information content (AvgIpc) is 3.68. The molecule has 0 unspecified atom stereocenters. The average molecular weight is 850 g/mol. The quantitative estimate of drug-likeness (QED) is 0.0392. The molecule has 2 saturated heterocycles. The van der Waals surface area contributed by atoms with E-state index in [4.69, 9.17) is 12.6 Å². The number of aliphatic hydroxyl groups excluding tert-OH is 1. The van der Waals surface area contributed by atoms with Crippen molar-refractivity contribution in [3.8, 4) is 0 Å². The van der Waals surface area contributed by atoms with Crippen LogP contribution in [0.25, 0.3) is 32.3 Å². The predicted molar refractivity (Wildman–Crippen MR) is 238 cm³/mol. The van der Waals surface area contributed by atoms with Gasteiger partial charge in [0.05, 0.1) is 32.3 Å². The molecule has 2 aliphatic rings. The number of hydrogen-bond acceptors (Lipinski definition) is 10. The molecule has 13 heteroatoms. The fourth-order valence-corrected chi connectivity index (χ4v) is 7.50. The summed E-state index contributed by atoms with van der Waals surface area (Å²) in [4.78, 5) is 71.9. The highest BCUT2D eigenvalue weighted by molar-refractivity contribution is 6.23. The Labute approximate surface area is 363 Å². The molecular formula is C48H67N3O10. The first kappa shape index (κ1) is 46.9. The first-order chi connectivity index (χ1) is 30.3. The maximum Gasteiger partial charge on any atom is 0.314 e. The molecule has 334 valence electrons. The summed E-state index contributed by atoms with van der Waals surface area (Å²) < 4.78 is 23.0. The van der Waals surface area contributed by atoms with E-state index >= 15 is 0 Å². The van der Waals surface area contributed by atoms with Gasteiger partial charge in [-0.2, -0.15) is 0 Å². The number of nitrogens with one attached hydrogen (secondary N) is 1. The highest BCUT2D eigenvalue weighted by atomic mass is 16.6.